The number of fused-ring (bicyclic) bond motifs is 1. The summed E-state index contributed by atoms with van der Waals surface area (Å²) in [5.74, 6) is 0.393. The highest BCUT2D eigenvalue weighted by molar-refractivity contribution is 6.03. The number of nitrogens with zero attached hydrogens (tertiary/aromatic N) is 1. The molecule has 0 radical (unpaired) electrons. The molecule has 3 aromatic carbocycles. The molecule has 35 heavy (non-hydrogen) atoms. The first kappa shape index (κ1) is 24.1. The SMILES string of the molecule is CC(C)NCc1ccc(-c2ccc(NC(=O)Nc3cccc(C(F)(F)F)c3)cc2)c2c(N)n[nH]c12. The highest BCUT2D eigenvalue weighted by atomic mass is 19.4. The van der Waals surface area contributed by atoms with Crippen LogP contribution in [0.25, 0.3) is 22.0 Å². The predicted molar refractivity (Wildman–Crippen MR) is 132 cm³/mol. The van der Waals surface area contributed by atoms with Crippen LogP contribution in [0.15, 0.2) is 60.7 Å². The van der Waals surface area contributed by atoms with Crippen molar-refractivity contribution in [3.63, 3.8) is 0 Å². The lowest BCUT2D eigenvalue weighted by Crippen LogP contribution is -2.21. The summed E-state index contributed by atoms with van der Waals surface area (Å²) in [6.07, 6.45) is -4.49. The molecule has 4 aromatic rings. The maximum Gasteiger partial charge on any atom is 0.416 e. The molecule has 0 unspecified atom stereocenters. The Labute approximate surface area is 199 Å². The summed E-state index contributed by atoms with van der Waals surface area (Å²) < 4.78 is 38.6. The van der Waals surface area contributed by atoms with Crippen molar-refractivity contribution in [3.05, 3.63) is 71.8 Å². The Kier molecular flexibility index (Phi) is 6.65. The van der Waals surface area contributed by atoms with Gasteiger partial charge in [0.15, 0.2) is 5.82 Å². The number of amides is 2. The minimum absolute atomic E-state index is 0.0406. The van der Waals surface area contributed by atoms with Crippen LogP contribution < -0.4 is 21.7 Å². The van der Waals surface area contributed by atoms with Gasteiger partial charge in [0.2, 0.25) is 0 Å². The molecule has 1 heterocycles. The van der Waals surface area contributed by atoms with Crippen molar-refractivity contribution in [2.45, 2.75) is 32.6 Å². The number of alkyl halides is 3. The van der Waals surface area contributed by atoms with E-state index in [1.165, 1.54) is 12.1 Å². The Morgan fingerprint density at radius 1 is 1.03 bits per heavy atom. The number of carbonyl (C=O) groups is 1. The summed E-state index contributed by atoms with van der Waals surface area (Å²) in [4.78, 5) is 12.3. The zero-order valence-electron chi connectivity index (χ0n) is 19.1. The van der Waals surface area contributed by atoms with E-state index < -0.39 is 17.8 Å². The number of H-pyrrole nitrogens is 1. The highest BCUT2D eigenvalue weighted by Crippen LogP contribution is 2.34. The lowest BCUT2D eigenvalue weighted by Gasteiger charge is -2.12. The summed E-state index contributed by atoms with van der Waals surface area (Å²) in [6.45, 7) is 4.81. The standard InChI is InChI=1S/C25H25F3N6O/c1-14(2)30-13-16-8-11-20(21-22(16)33-34-23(21)29)15-6-9-18(10-7-15)31-24(35)32-19-5-3-4-17(12-19)25(26,27)28/h3-12,14,30H,13H2,1-2H3,(H3,29,33,34)(H2,31,32,35). The second-order valence-electron chi connectivity index (χ2n) is 8.40. The fourth-order valence-electron chi connectivity index (χ4n) is 3.71. The first-order chi connectivity index (χ1) is 16.6. The van der Waals surface area contributed by atoms with Crippen LogP contribution in [0, 0.1) is 0 Å². The van der Waals surface area contributed by atoms with Gasteiger partial charge in [0, 0.05) is 24.0 Å². The number of hydrogen-bond donors (Lipinski definition) is 5. The van der Waals surface area contributed by atoms with Gasteiger partial charge in [-0.15, -0.1) is 0 Å². The number of nitrogens with two attached hydrogens (primary N) is 1. The topological polar surface area (TPSA) is 108 Å². The number of aromatic amines is 1. The predicted octanol–water partition coefficient (Wildman–Crippen LogP) is 5.97. The van der Waals surface area contributed by atoms with E-state index in [9.17, 15) is 18.0 Å². The van der Waals surface area contributed by atoms with E-state index in [4.69, 9.17) is 5.73 Å². The van der Waals surface area contributed by atoms with Gasteiger partial charge in [0.05, 0.1) is 16.5 Å². The van der Waals surface area contributed by atoms with E-state index >= 15 is 0 Å². The van der Waals surface area contributed by atoms with Crippen LogP contribution in [-0.2, 0) is 12.7 Å². The lowest BCUT2D eigenvalue weighted by atomic mass is 9.98. The number of anilines is 3. The third-order valence-electron chi connectivity index (χ3n) is 5.44. The van der Waals surface area contributed by atoms with Crippen molar-refractivity contribution in [2.75, 3.05) is 16.4 Å². The molecule has 0 bridgehead atoms. The van der Waals surface area contributed by atoms with Gasteiger partial charge in [-0.1, -0.05) is 44.2 Å². The summed E-state index contributed by atoms with van der Waals surface area (Å²) in [6, 6.07) is 15.2. The molecule has 0 aliphatic heterocycles. The number of aromatic nitrogens is 2. The number of halogens is 3. The Morgan fingerprint density at radius 3 is 2.43 bits per heavy atom. The summed E-state index contributed by atoms with van der Waals surface area (Å²) in [5.41, 5.74) is 9.49. The number of urea groups is 1. The molecule has 0 fully saturated rings. The zero-order chi connectivity index (χ0) is 25.2. The van der Waals surface area contributed by atoms with Gasteiger partial charge in [0.1, 0.15) is 0 Å². The molecule has 0 spiro atoms. The molecule has 1 aromatic heterocycles. The molecule has 0 aliphatic rings. The number of hydrogen-bond acceptors (Lipinski definition) is 4. The molecule has 7 nitrogen and oxygen atoms in total. The largest absolute Gasteiger partial charge is 0.416 e. The third-order valence-corrected chi connectivity index (χ3v) is 5.44. The maximum atomic E-state index is 12.9. The van der Waals surface area contributed by atoms with Gasteiger partial charge in [0.25, 0.3) is 0 Å². The molecule has 2 amide bonds. The van der Waals surface area contributed by atoms with Crippen LogP contribution >= 0.6 is 0 Å². The minimum Gasteiger partial charge on any atom is -0.382 e. The summed E-state index contributed by atoms with van der Waals surface area (Å²) >= 11 is 0. The Bertz CT molecular complexity index is 1350. The van der Waals surface area contributed by atoms with Crippen molar-refractivity contribution >= 4 is 34.1 Å². The number of nitrogens with one attached hydrogen (secondary N) is 4. The second-order valence-corrected chi connectivity index (χ2v) is 8.40. The van der Waals surface area contributed by atoms with Crippen molar-refractivity contribution in [1.82, 2.24) is 15.5 Å². The van der Waals surface area contributed by atoms with Crippen LogP contribution in [0.4, 0.5) is 35.2 Å². The van der Waals surface area contributed by atoms with Gasteiger partial charge < -0.3 is 21.7 Å². The van der Waals surface area contributed by atoms with Crippen LogP contribution in [0.2, 0.25) is 0 Å². The Morgan fingerprint density at radius 2 is 1.74 bits per heavy atom. The highest BCUT2D eigenvalue weighted by Gasteiger charge is 2.30. The molecular weight excluding hydrogens is 457 g/mol. The van der Waals surface area contributed by atoms with E-state index in [0.29, 0.717) is 24.1 Å². The van der Waals surface area contributed by atoms with E-state index in [1.807, 2.05) is 24.3 Å². The Balaban J connectivity index is 1.50. The average Bonchev–Trinajstić information content (AvgIpc) is 3.19. The summed E-state index contributed by atoms with van der Waals surface area (Å²) in [7, 11) is 0. The molecule has 0 saturated carbocycles. The molecule has 182 valence electrons. The molecule has 4 rings (SSSR count). The monoisotopic (exact) mass is 482 g/mol. The first-order valence-electron chi connectivity index (χ1n) is 11.0. The van der Waals surface area contributed by atoms with Crippen molar-refractivity contribution in [2.24, 2.45) is 0 Å². The lowest BCUT2D eigenvalue weighted by molar-refractivity contribution is -0.137. The zero-order valence-corrected chi connectivity index (χ0v) is 19.1. The first-order valence-corrected chi connectivity index (χ1v) is 11.0. The smallest absolute Gasteiger partial charge is 0.382 e. The fourth-order valence-corrected chi connectivity index (χ4v) is 3.71. The average molecular weight is 483 g/mol. The van der Waals surface area contributed by atoms with E-state index in [-0.39, 0.29) is 5.69 Å². The maximum absolute atomic E-state index is 12.9. The molecule has 0 atom stereocenters. The number of benzene rings is 3. The van der Waals surface area contributed by atoms with Gasteiger partial charge in [-0.2, -0.15) is 18.3 Å². The van der Waals surface area contributed by atoms with Gasteiger partial charge in [-0.25, -0.2) is 4.79 Å². The van der Waals surface area contributed by atoms with Crippen LogP contribution in [0.3, 0.4) is 0 Å². The number of nitrogen functional groups attached to an aromatic ring is 1. The van der Waals surface area contributed by atoms with E-state index in [0.717, 1.165) is 39.7 Å². The van der Waals surface area contributed by atoms with Crippen LogP contribution in [0.1, 0.15) is 25.0 Å². The third kappa shape index (κ3) is 5.55. The molecular formula is C25H25F3N6O. The van der Waals surface area contributed by atoms with Crippen molar-refractivity contribution in [1.29, 1.82) is 0 Å². The molecule has 0 aliphatic carbocycles. The van der Waals surface area contributed by atoms with E-state index in [2.05, 4.69) is 40.0 Å². The van der Waals surface area contributed by atoms with Gasteiger partial charge in [-0.05, 0) is 47.0 Å². The van der Waals surface area contributed by atoms with Gasteiger partial charge in [-0.3, -0.25) is 5.10 Å². The van der Waals surface area contributed by atoms with Crippen molar-refractivity contribution < 1.29 is 18.0 Å². The molecule has 10 heteroatoms. The normalized spacial score (nSPS) is 11.7. The Hall–Kier alpha value is -4.05. The van der Waals surface area contributed by atoms with Crippen LogP contribution in [0.5, 0.6) is 0 Å². The van der Waals surface area contributed by atoms with Gasteiger partial charge >= 0.3 is 12.2 Å². The fraction of sp³-hybridized carbons (Fsp3) is 0.200. The number of rotatable bonds is 6. The minimum atomic E-state index is -4.49. The molecule has 0 saturated heterocycles. The second kappa shape index (κ2) is 9.67. The number of carbonyl (C=O) groups excluding carboxylic acids is 1. The summed E-state index contributed by atoms with van der Waals surface area (Å²) in [5, 5.41) is 16.4. The molecule has 6 N–H and O–H groups in total. The van der Waals surface area contributed by atoms with Crippen molar-refractivity contribution in [3.8, 4) is 11.1 Å². The van der Waals surface area contributed by atoms with Crippen LogP contribution in [-0.4, -0.2) is 22.3 Å². The quantitative estimate of drug-likeness (QED) is 0.233. The van der Waals surface area contributed by atoms with E-state index in [1.54, 1.807) is 12.1 Å².